The number of rotatable bonds is 16. The van der Waals surface area contributed by atoms with Crippen molar-refractivity contribution in [2.75, 3.05) is 26.3 Å². The summed E-state index contributed by atoms with van der Waals surface area (Å²) < 4.78 is 16.9. The highest BCUT2D eigenvalue weighted by molar-refractivity contribution is 6.44. The summed E-state index contributed by atoms with van der Waals surface area (Å²) in [6, 6.07) is 2.29. The van der Waals surface area contributed by atoms with Gasteiger partial charge in [-0.2, -0.15) is 0 Å². The number of unbranched alkanes of at least 4 members (excludes halogenated alkanes) is 1. The van der Waals surface area contributed by atoms with Gasteiger partial charge in [0.25, 0.3) is 0 Å². The molecule has 0 spiro atoms. The molecule has 0 aliphatic heterocycles. The Morgan fingerprint density at radius 2 is 1.40 bits per heavy atom. The predicted molar refractivity (Wildman–Crippen MR) is 115 cm³/mol. The zero-order valence-electron chi connectivity index (χ0n) is 17.6. The van der Waals surface area contributed by atoms with Crippen LogP contribution in [0.3, 0.4) is 0 Å². The zero-order valence-corrected chi connectivity index (χ0v) is 20.2. The Labute approximate surface area is 161 Å². The summed E-state index contributed by atoms with van der Waals surface area (Å²) >= 11 is 0. The van der Waals surface area contributed by atoms with Crippen LogP contribution in [0.4, 0.5) is 0 Å². The Balaban J connectivity index is 0. The van der Waals surface area contributed by atoms with Crippen LogP contribution in [0.5, 0.6) is 0 Å². The molecule has 0 aromatic rings. The summed E-state index contributed by atoms with van der Waals surface area (Å²) in [7, 11) is -1.58. The third-order valence-corrected chi connectivity index (χ3v) is 8.10. The highest BCUT2D eigenvalue weighted by atomic mass is 28.3. The van der Waals surface area contributed by atoms with Crippen molar-refractivity contribution in [2.45, 2.75) is 90.8 Å². The second-order valence-corrected chi connectivity index (χ2v) is 9.97. The summed E-state index contributed by atoms with van der Waals surface area (Å²) in [6.07, 6.45) is 6.87. The van der Waals surface area contributed by atoms with Crippen molar-refractivity contribution in [1.82, 2.24) is 0 Å². The number of nitrogens with two attached hydrogens (primary N) is 2. The molecule has 0 aliphatic rings. The van der Waals surface area contributed by atoms with E-state index in [-0.39, 0.29) is 15.4 Å². The van der Waals surface area contributed by atoms with Crippen LogP contribution in [0.25, 0.3) is 0 Å². The summed E-state index contributed by atoms with van der Waals surface area (Å²) in [5, 5.41) is 0. The molecule has 0 rings (SSSR count). The van der Waals surface area contributed by atoms with Crippen LogP contribution in [0.15, 0.2) is 0 Å². The summed E-state index contributed by atoms with van der Waals surface area (Å²) in [5.74, 6) is 0. The molecule has 25 heavy (non-hydrogen) atoms. The van der Waals surface area contributed by atoms with Crippen molar-refractivity contribution in [1.29, 1.82) is 0 Å². The third-order valence-electron chi connectivity index (χ3n) is 4.42. The van der Waals surface area contributed by atoms with Gasteiger partial charge in [-0.25, -0.2) is 0 Å². The molecule has 0 amide bonds. The van der Waals surface area contributed by atoms with Crippen molar-refractivity contribution in [2.24, 2.45) is 11.5 Å². The minimum Gasteiger partial charge on any atom is -0.419 e. The van der Waals surface area contributed by atoms with Crippen LogP contribution in [0, 0.1) is 0 Å². The molecule has 0 saturated carbocycles. The van der Waals surface area contributed by atoms with Gasteiger partial charge in [0.2, 0.25) is 0 Å². The highest BCUT2D eigenvalue weighted by Crippen LogP contribution is 2.26. The minimum atomic E-state index is -1.21. The van der Waals surface area contributed by atoms with Crippen LogP contribution in [-0.2, 0) is 13.3 Å². The molecule has 0 radical (unpaired) electrons. The second kappa shape index (κ2) is 20.5. The zero-order chi connectivity index (χ0) is 19.4. The van der Waals surface area contributed by atoms with Gasteiger partial charge in [-0.3, -0.25) is 0 Å². The lowest BCUT2D eigenvalue weighted by Gasteiger charge is -2.33. The van der Waals surface area contributed by atoms with Crippen LogP contribution in [0.2, 0.25) is 12.1 Å². The number of hydrogen-bond acceptors (Lipinski definition) is 5. The van der Waals surface area contributed by atoms with Gasteiger partial charge in [0, 0.05) is 13.2 Å². The van der Waals surface area contributed by atoms with Crippen LogP contribution < -0.4 is 11.5 Å². The van der Waals surface area contributed by atoms with Crippen molar-refractivity contribution in [3.63, 3.8) is 0 Å². The van der Waals surface area contributed by atoms with Crippen molar-refractivity contribution < 1.29 is 13.3 Å². The van der Waals surface area contributed by atoms with Crippen LogP contribution >= 0.6 is 0 Å². The Hall–Kier alpha value is 0.234. The van der Waals surface area contributed by atoms with E-state index in [4.69, 9.17) is 24.7 Å². The van der Waals surface area contributed by atoms with Gasteiger partial charge < -0.3 is 24.7 Å². The molecule has 0 aliphatic carbocycles. The van der Waals surface area contributed by atoms with E-state index in [1.165, 1.54) is 18.9 Å². The minimum absolute atomic E-state index is 0.149. The largest absolute Gasteiger partial charge is 0.419 e. The first-order chi connectivity index (χ1) is 12.1. The Kier molecular flexibility index (Phi) is 22.6. The van der Waals surface area contributed by atoms with Gasteiger partial charge in [-0.1, -0.05) is 20.8 Å². The van der Waals surface area contributed by atoms with Gasteiger partial charge >= 0.3 is 9.28 Å². The van der Waals surface area contributed by atoms with Crippen molar-refractivity contribution in [3.05, 3.63) is 0 Å². The molecule has 0 unspecified atom stereocenters. The first kappa shape index (κ1) is 27.5. The molecule has 0 heterocycles. The van der Waals surface area contributed by atoms with Gasteiger partial charge in [0.1, 0.15) is 0 Å². The standard InChI is InChI=1S/C12H30N2OSi.C6H16O2Si/c1-3-12(4-2,8-5-6-9-13)15-16-11-7-10-14;1-4-7-9(6-3)8-5-2/h3-11,13-14,16H2,1-2H3;9H,4-6H2,1-3H3. The van der Waals surface area contributed by atoms with E-state index in [0.717, 1.165) is 58.0 Å². The lowest BCUT2D eigenvalue weighted by atomic mass is 9.91. The van der Waals surface area contributed by atoms with E-state index in [0.29, 0.717) is 0 Å². The first-order valence-corrected chi connectivity index (χ1v) is 13.7. The second-order valence-electron chi connectivity index (χ2n) is 6.23. The average molecular weight is 395 g/mol. The van der Waals surface area contributed by atoms with Crippen LogP contribution in [-0.4, -0.2) is 51.0 Å². The molecule has 0 fully saturated rings. The Morgan fingerprint density at radius 1 is 0.840 bits per heavy atom. The Bertz CT molecular complexity index is 252. The van der Waals surface area contributed by atoms with E-state index in [1.54, 1.807) is 0 Å². The van der Waals surface area contributed by atoms with Gasteiger partial charge in [-0.05, 0) is 77.6 Å². The molecule has 5 nitrogen and oxygen atoms in total. The first-order valence-electron chi connectivity index (χ1n) is 10.4. The summed E-state index contributed by atoms with van der Waals surface area (Å²) in [5.41, 5.74) is 11.2. The fourth-order valence-electron chi connectivity index (χ4n) is 2.66. The summed E-state index contributed by atoms with van der Waals surface area (Å²) in [4.78, 5) is 0. The van der Waals surface area contributed by atoms with Crippen molar-refractivity contribution >= 4 is 19.0 Å². The quantitative estimate of drug-likeness (QED) is 0.311. The molecule has 0 saturated heterocycles. The normalized spacial score (nSPS) is 12.0. The molecular weight excluding hydrogens is 348 g/mol. The Morgan fingerprint density at radius 3 is 1.80 bits per heavy atom. The SMILES string of the molecule is CCC(CC)(CCCCN)O[SiH2]CCCN.CCO[SiH](CC)OCC. The molecule has 0 atom stereocenters. The number of hydrogen-bond donors (Lipinski definition) is 2. The van der Waals surface area contributed by atoms with E-state index >= 15 is 0 Å². The van der Waals surface area contributed by atoms with Gasteiger partial charge in [0.15, 0.2) is 9.76 Å². The maximum atomic E-state index is 6.22. The van der Waals surface area contributed by atoms with E-state index in [2.05, 4.69) is 20.8 Å². The van der Waals surface area contributed by atoms with E-state index in [1.807, 2.05) is 13.8 Å². The maximum absolute atomic E-state index is 6.22. The molecule has 4 N–H and O–H groups in total. The third kappa shape index (κ3) is 16.2. The molecule has 0 aromatic carbocycles. The monoisotopic (exact) mass is 394 g/mol. The maximum Gasteiger partial charge on any atom is 0.321 e. The van der Waals surface area contributed by atoms with Gasteiger partial charge in [-0.15, -0.1) is 0 Å². The van der Waals surface area contributed by atoms with Crippen LogP contribution in [0.1, 0.15) is 73.1 Å². The molecule has 7 heteroatoms. The van der Waals surface area contributed by atoms with E-state index in [9.17, 15) is 0 Å². The lowest BCUT2D eigenvalue weighted by Crippen LogP contribution is -2.33. The smallest absolute Gasteiger partial charge is 0.321 e. The lowest BCUT2D eigenvalue weighted by molar-refractivity contribution is 0.0522. The van der Waals surface area contributed by atoms with Gasteiger partial charge in [0.05, 0.1) is 5.60 Å². The molecule has 0 aromatic heterocycles. The molecule has 0 bridgehead atoms. The van der Waals surface area contributed by atoms with E-state index < -0.39 is 9.28 Å². The molecular formula is C18H46N2O3Si2. The fraction of sp³-hybridized carbons (Fsp3) is 1.00. The highest BCUT2D eigenvalue weighted by Gasteiger charge is 2.25. The molecule has 154 valence electrons. The topological polar surface area (TPSA) is 79.7 Å². The summed E-state index contributed by atoms with van der Waals surface area (Å²) in [6.45, 7) is 13.8. The van der Waals surface area contributed by atoms with Crippen molar-refractivity contribution in [3.8, 4) is 0 Å². The average Bonchev–Trinajstić information content (AvgIpc) is 2.64. The fourth-order valence-corrected chi connectivity index (χ4v) is 5.60. The predicted octanol–water partition coefficient (Wildman–Crippen LogP) is 2.84.